The number of likely N-dealkylation sites (tertiary alicyclic amines) is 1. The van der Waals surface area contributed by atoms with Gasteiger partial charge in [0.1, 0.15) is 11.5 Å². The van der Waals surface area contributed by atoms with Crippen LogP contribution in [0.5, 0.6) is 11.5 Å². The summed E-state index contributed by atoms with van der Waals surface area (Å²) in [5.41, 5.74) is 7.25. The summed E-state index contributed by atoms with van der Waals surface area (Å²) in [6, 6.07) is 16.5. The molecular weight excluding hydrogens is 608 g/mol. The molecular formula is C42H50N4O3. The minimum atomic E-state index is -0.0894. The Hall–Kier alpha value is -4.20. The Bertz CT molecular complexity index is 1700. The lowest BCUT2D eigenvalue weighted by atomic mass is 9.81. The molecule has 2 unspecified atom stereocenters. The van der Waals surface area contributed by atoms with Gasteiger partial charge in [0.15, 0.2) is 5.78 Å². The number of methoxy groups -OCH3 is 1. The van der Waals surface area contributed by atoms with Gasteiger partial charge >= 0.3 is 0 Å². The minimum absolute atomic E-state index is 0.0894. The summed E-state index contributed by atoms with van der Waals surface area (Å²) in [5.74, 6) is 2.59. The standard InChI is InChI=1S/C42H50N4O3/c1-29(2)37-18-19-39(45-44-37)31-14-16-36(17-15-31)49-42-28-40-34(27-35(42)26-33-10-6-5-7-13-41(47)30(33)3)11-8-9-12-38(43-40)32-20-22-46(23-21-32)24-25-48-4/h5-8,11,13-19,27-30,32-33H,9-10,12,20-26H2,1-4H3. The summed E-state index contributed by atoms with van der Waals surface area (Å²) in [7, 11) is 1.77. The van der Waals surface area contributed by atoms with Gasteiger partial charge in [-0.3, -0.25) is 9.79 Å². The Kier molecular flexibility index (Phi) is 11.6. The topological polar surface area (TPSA) is 76.9 Å². The van der Waals surface area contributed by atoms with E-state index in [0.29, 0.717) is 11.8 Å². The molecule has 256 valence electrons. The number of benzene rings is 2. The minimum Gasteiger partial charge on any atom is -0.457 e. The zero-order valence-corrected chi connectivity index (χ0v) is 29.5. The number of aromatic nitrogens is 2. The van der Waals surface area contributed by atoms with Crippen molar-refractivity contribution in [1.82, 2.24) is 15.1 Å². The smallest absolute Gasteiger partial charge is 0.158 e. The van der Waals surface area contributed by atoms with Crippen LogP contribution in [0.3, 0.4) is 0 Å². The Morgan fingerprint density at radius 1 is 0.959 bits per heavy atom. The number of carbonyl (C=O) groups is 1. The van der Waals surface area contributed by atoms with Gasteiger partial charge in [-0.25, -0.2) is 0 Å². The lowest BCUT2D eigenvalue weighted by Gasteiger charge is -2.32. The summed E-state index contributed by atoms with van der Waals surface area (Å²) < 4.78 is 12.0. The molecule has 1 aromatic heterocycles. The van der Waals surface area contributed by atoms with Gasteiger partial charge in [0, 0.05) is 42.5 Å². The van der Waals surface area contributed by atoms with Crippen LogP contribution in [-0.4, -0.2) is 59.9 Å². The van der Waals surface area contributed by atoms with Crippen LogP contribution in [0.4, 0.5) is 5.69 Å². The van der Waals surface area contributed by atoms with E-state index in [1.165, 1.54) is 5.71 Å². The molecule has 2 atom stereocenters. The summed E-state index contributed by atoms with van der Waals surface area (Å²) in [6.07, 6.45) is 18.0. The summed E-state index contributed by atoms with van der Waals surface area (Å²) in [5, 5.41) is 8.87. The van der Waals surface area contributed by atoms with E-state index in [4.69, 9.17) is 14.5 Å². The second kappa shape index (κ2) is 16.5. The molecule has 7 nitrogen and oxygen atoms in total. The van der Waals surface area contributed by atoms with Crippen LogP contribution in [0.2, 0.25) is 0 Å². The van der Waals surface area contributed by atoms with Crippen molar-refractivity contribution in [3.63, 3.8) is 0 Å². The third-order valence-corrected chi connectivity index (χ3v) is 10.2. The number of carbonyl (C=O) groups excluding carboxylic acids is 1. The monoisotopic (exact) mass is 658 g/mol. The maximum absolute atomic E-state index is 12.9. The number of rotatable bonds is 10. The van der Waals surface area contributed by atoms with Crippen LogP contribution in [0.1, 0.15) is 75.6 Å². The SMILES string of the molecule is COCCN1CCC(C2=Nc3cc(Oc4ccc(-c5ccc(C(C)C)nn5)cc4)c(CC4CC=CC=CC(=O)C4C)cc3C=CCC2)CC1. The molecule has 2 aromatic carbocycles. The highest BCUT2D eigenvalue weighted by molar-refractivity contribution is 5.92. The molecule has 0 N–H and O–H groups in total. The lowest BCUT2D eigenvalue weighted by molar-refractivity contribution is -0.119. The average Bonchev–Trinajstić information content (AvgIpc) is 3.11. The second-order valence-electron chi connectivity index (χ2n) is 14.0. The van der Waals surface area contributed by atoms with Gasteiger partial charge in [0.2, 0.25) is 0 Å². The largest absolute Gasteiger partial charge is 0.457 e. The number of hydrogen-bond acceptors (Lipinski definition) is 7. The Morgan fingerprint density at radius 3 is 2.51 bits per heavy atom. The fraction of sp³-hybridized carbons (Fsp3) is 0.429. The van der Waals surface area contributed by atoms with Crippen LogP contribution < -0.4 is 4.74 Å². The Balaban J connectivity index is 1.31. The first-order valence-corrected chi connectivity index (χ1v) is 18.0. The van der Waals surface area contributed by atoms with E-state index >= 15 is 0 Å². The van der Waals surface area contributed by atoms with Crippen molar-refractivity contribution in [2.45, 2.75) is 65.2 Å². The molecule has 1 saturated heterocycles. The number of nitrogens with zero attached hydrogens (tertiary/aromatic N) is 4. The third kappa shape index (κ3) is 8.89. The van der Waals surface area contributed by atoms with Gasteiger partial charge < -0.3 is 14.4 Å². The van der Waals surface area contributed by atoms with Crippen molar-refractivity contribution >= 4 is 23.3 Å². The number of hydrogen-bond donors (Lipinski definition) is 0. The molecule has 3 heterocycles. The molecule has 0 spiro atoms. The molecule has 0 saturated carbocycles. The predicted molar refractivity (Wildman–Crippen MR) is 199 cm³/mol. The number of allylic oxidation sites excluding steroid dienone is 5. The van der Waals surface area contributed by atoms with Gasteiger partial charge in [0.05, 0.1) is 23.7 Å². The van der Waals surface area contributed by atoms with Gasteiger partial charge in [-0.05, 0) is 123 Å². The highest BCUT2D eigenvalue weighted by Gasteiger charge is 2.27. The van der Waals surface area contributed by atoms with Gasteiger partial charge in [-0.2, -0.15) is 10.2 Å². The van der Waals surface area contributed by atoms with Crippen LogP contribution in [0, 0.1) is 17.8 Å². The Morgan fingerprint density at radius 2 is 1.78 bits per heavy atom. The lowest BCUT2D eigenvalue weighted by Crippen LogP contribution is -2.38. The second-order valence-corrected chi connectivity index (χ2v) is 14.0. The predicted octanol–water partition coefficient (Wildman–Crippen LogP) is 9.18. The van der Waals surface area contributed by atoms with Crippen molar-refractivity contribution in [2.75, 3.05) is 33.4 Å². The first-order valence-electron chi connectivity index (χ1n) is 18.0. The fourth-order valence-corrected chi connectivity index (χ4v) is 7.01. The summed E-state index contributed by atoms with van der Waals surface area (Å²) >= 11 is 0. The van der Waals surface area contributed by atoms with Crippen molar-refractivity contribution in [1.29, 1.82) is 0 Å². The van der Waals surface area contributed by atoms with Crippen LogP contribution >= 0.6 is 0 Å². The van der Waals surface area contributed by atoms with E-state index in [1.807, 2.05) is 48.6 Å². The quantitative estimate of drug-likeness (QED) is 0.216. The number of ether oxygens (including phenoxy) is 2. The molecule has 1 aliphatic carbocycles. The van der Waals surface area contributed by atoms with E-state index in [0.717, 1.165) is 110 Å². The fourth-order valence-electron chi connectivity index (χ4n) is 7.01. The first kappa shape index (κ1) is 34.7. The number of ketones is 1. The normalized spacial score (nSPS) is 20.3. The molecule has 3 aromatic rings. The maximum atomic E-state index is 12.9. The number of fused-ring (bicyclic) bond motifs is 1. The average molecular weight is 659 g/mol. The molecule has 7 heteroatoms. The van der Waals surface area contributed by atoms with Gasteiger partial charge in [0.25, 0.3) is 0 Å². The molecule has 6 rings (SSSR count). The first-order chi connectivity index (χ1) is 23.9. The highest BCUT2D eigenvalue weighted by atomic mass is 16.5. The Labute approximate surface area is 291 Å². The zero-order chi connectivity index (χ0) is 34.2. The summed E-state index contributed by atoms with van der Waals surface area (Å²) in [4.78, 5) is 20.8. The van der Waals surface area contributed by atoms with Crippen molar-refractivity contribution < 1.29 is 14.3 Å². The molecule has 0 radical (unpaired) electrons. The highest BCUT2D eigenvalue weighted by Crippen LogP contribution is 2.39. The van der Waals surface area contributed by atoms with Crippen LogP contribution in [0.25, 0.3) is 17.3 Å². The number of piperidine rings is 1. The summed E-state index contributed by atoms with van der Waals surface area (Å²) in [6.45, 7) is 10.2. The molecule has 2 aliphatic heterocycles. The number of aliphatic imine (C=N–C) groups is 1. The van der Waals surface area contributed by atoms with Crippen LogP contribution in [-0.2, 0) is 16.0 Å². The third-order valence-electron chi connectivity index (χ3n) is 10.2. The zero-order valence-electron chi connectivity index (χ0n) is 29.5. The van der Waals surface area contributed by atoms with E-state index in [2.05, 4.69) is 66.2 Å². The molecule has 0 bridgehead atoms. The molecule has 3 aliphatic rings. The van der Waals surface area contributed by atoms with E-state index in [-0.39, 0.29) is 17.6 Å². The van der Waals surface area contributed by atoms with Gasteiger partial charge in [-0.1, -0.05) is 51.2 Å². The van der Waals surface area contributed by atoms with E-state index < -0.39 is 0 Å². The van der Waals surface area contributed by atoms with Crippen molar-refractivity contribution in [2.24, 2.45) is 22.7 Å². The van der Waals surface area contributed by atoms with Crippen molar-refractivity contribution in [3.05, 3.63) is 95.7 Å². The molecule has 1 fully saturated rings. The van der Waals surface area contributed by atoms with Gasteiger partial charge in [-0.15, -0.1) is 0 Å². The molecule has 49 heavy (non-hydrogen) atoms. The maximum Gasteiger partial charge on any atom is 0.158 e. The molecule has 0 amide bonds. The van der Waals surface area contributed by atoms with E-state index in [1.54, 1.807) is 13.2 Å². The van der Waals surface area contributed by atoms with Crippen molar-refractivity contribution in [3.8, 4) is 22.8 Å². The van der Waals surface area contributed by atoms with Crippen LogP contribution in [0.15, 0.2) is 83.9 Å². The van der Waals surface area contributed by atoms with E-state index in [9.17, 15) is 4.79 Å².